The lowest BCUT2D eigenvalue weighted by Gasteiger charge is -2.35. The molecule has 0 bridgehead atoms. The average molecular weight is 412 g/mol. The number of rotatable bonds is 5. The number of aryl methyl sites for hydroxylation is 4. The molecule has 8 nitrogen and oxygen atoms in total. The Morgan fingerprint density at radius 1 is 1.10 bits per heavy atom. The molecule has 3 heterocycles. The Balaban J connectivity index is 1.27. The quantitative estimate of drug-likeness (QED) is 0.698. The molecule has 0 unspecified atom stereocenters. The lowest BCUT2D eigenvalue weighted by atomic mass is 10.2. The number of piperazine rings is 1. The monoisotopic (exact) mass is 411 g/mol. The van der Waals surface area contributed by atoms with Gasteiger partial charge in [0.05, 0.1) is 5.69 Å². The third-order valence-electron chi connectivity index (χ3n) is 5.01. The zero-order chi connectivity index (χ0) is 20.2. The van der Waals surface area contributed by atoms with Crippen LogP contribution in [0.2, 0.25) is 0 Å². The van der Waals surface area contributed by atoms with E-state index in [1.54, 1.807) is 0 Å². The molecule has 4 rings (SSSR count). The number of anilines is 2. The van der Waals surface area contributed by atoms with Crippen LogP contribution >= 0.6 is 11.3 Å². The van der Waals surface area contributed by atoms with Gasteiger partial charge in [0.25, 0.3) is 0 Å². The van der Waals surface area contributed by atoms with Crippen LogP contribution in [0.25, 0.3) is 0 Å². The van der Waals surface area contributed by atoms with Crippen LogP contribution in [0.4, 0.5) is 15.6 Å². The van der Waals surface area contributed by atoms with Crippen molar-refractivity contribution in [3.05, 3.63) is 52.8 Å². The molecule has 2 amide bonds. The van der Waals surface area contributed by atoms with E-state index in [2.05, 4.69) is 43.7 Å². The molecule has 29 heavy (non-hydrogen) atoms. The van der Waals surface area contributed by atoms with Gasteiger partial charge < -0.3 is 9.80 Å². The zero-order valence-corrected chi connectivity index (χ0v) is 17.5. The van der Waals surface area contributed by atoms with Gasteiger partial charge >= 0.3 is 6.03 Å². The van der Waals surface area contributed by atoms with Gasteiger partial charge in [-0.3, -0.25) is 10.00 Å². The van der Waals surface area contributed by atoms with E-state index in [0.717, 1.165) is 42.5 Å². The number of amides is 2. The van der Waals surface area contributed by atoms with Crippen LogP contribution in [0.1, 0.15) is 16.4 Å². The predicted molar refractivity (Wildman–Crippen MR) is 115 cm³/mol. The maximum atomic E-state index is 12.6. The standard InChI is InChI=1S/C20H25N7OS/c1-15-14-16(2)27(24-15)9-8-18-22-23-19(29-18)21-20(28)26-12-10-25(11-13-26)17-6-4-3-5-7-17/h3-7,14H,8-13H2,1-2H3,(H,21,23,28). The largest absolute Gasteiger partial charge is 0.368 e. The first-order valence-electron chi connectivity index (χ1n) is 9.78. The van der Waals surface area contributed by atoms with E-state index < -0.39 is 0 Å². The van der Waals surface area contributed by atoms with Crippen molar-refractivity contribution in [3.63, 3.8) is 0 Å². The lowest BCUT2D eigenvalue weighted by molar-refractivity contribution is 0.208. The first-order valence-corrected chi connectivity index (χ1v) is 10.6. The van der Waals surface area contributed by atoms with Gasteiger partial charge in [0, 0.05) is 50.5 Å². The second-order valence-electron chi connectivity index (χ2n) is 7.14. The zero-order valence-electron chi connectivity index (χ0n) is 16.7. The van der Waals surface area contributed by atoms with E-state index in [4.69, 9.17) is 0 Å². The summed E-state index contributed by atoms with van der Waals surface area (Å²) in [6, 6.07) is 12.2. The molecule has 0 spiro atoms. The number of carbonyl (C=O) groups is 1. The van der Waals surface area contributed by atoms with Gasteiger partial charge in [-0.15, -0.1) is 10.2 Å². The molecule has 1 aromatic carbocycles. The smallest absolute Gasteiger partial charge is 0.323 e. The Morgan fingerprint density at radius 3 is 2.55 bits per heavy atom. The third kappa shape index (κ3) is 4.73. The van der Waals surface area contributed by atoms with Crippen molar-refractivity contribution in [2.75, 3.05) is 36.4 Å². The minimum atomic E-state index is -0.112. The SMILES string of the molecule is Cc1cc(C)n(CCc2nnc(NC(=O)N3CCN(c4ccccc4)CC3)s2)n1. The van der Waals surface area contributed by atoms with E-state index in [-0.39, 0.29) is 6.03 Å². The van der Waals surface area contributed by atoms with Crippen LogP contribution in [-0.4, -0.2) is 57.1 Å². The van der Waals surface area contributed by atoms with Gasteiger partial charge in [-0.25, -0.2) is 4.79 Å². The summed E-state index contributed by atoms with van der Waals surface area (Å²) in [6.07, 6.45) is 0.741. The fourth-order valence-electron chi connectivity index (χ4n) is 3.49. The Kier molecular flexibility index (Phi) is 5.75. The Labute approximate surface area is 174 Å². The molecule has 152 valence electrons. The van der Waals surface area contributed by atoms with E-state index in [0.29, 0.717) is 18.2 Å². The van der Waals surface area contributed by atoms with Crippen LogP contribution in [0.3, 0.4) is 0 Å². The molecule has 1 aliphatic heterocycles. The van der Waals surface area contributed by atoms with Crippen LogP contribution in [0.5, 0.6) is 0 Å². The summed E-state index contributed by atoms with van der Waals surface area (Å²) in [4.78, 5) is 16.7. The molecule has 2 aromatic heterocycles. The minimum Gasteiger partial charge on any atom is -0.368 e. The van der Waals surface area contributed by atoms with Crippen LogP contribution < -0.4 is 10.2 Å². The van der Waals surface area contributed by atoms with Crippen LogP contribution in [-0.2, 0) is 13.0 Å². The Morgan fingerprint density at radius 2 is 1.86 bits per heavy atom. The van der Waals surface area contributed by atoms with Crippen molar-refractivity contribution in [2.45, 2.75) is 26.8 Å². The fourth-order valence-corrected chi connectivity index (χ4v) is 4.20. The Hall–Kier alpha value is -2.94. The number of nitrogens with one attached hydrogen (secondary N) is 1. The molecular formula is C20H25N7OS. The molecule has 3 aromatic rings. The highest BCUT2D eigenvalue weighted by Crippen LogP contribution is 2.19. The maximum absolute atomic E-state index is 12.6. The first-order chi connectivity index (χ1) is 14.1. The second kappa shape index (κ2) is 8.60. The molecule has 1 fully saturated rings. The molecule has 1 saturated heterocycles. The minimum absolute atomic E-state index is 0.112. The molecule has 0 aliphatic carbocycles. The number of aromatic nitrogens is 4. The molecule has 1 aliphatic rings. The lowest BCUT2D eigenvalue weighted by Crippen LogP contribution is -2.50. The van der Waals surface area contributed by atoms with Gasteiger partial charge in [-0.2, -0.15) is 5.10 Å². The van der Waals surface area contributed by atoms with Gasteiger partial charge in [-0.1, -0.05) is 29.5 Å². The summed E-state index contributed by atoms with van der Waals surface area (Å²) in [5.41, 5.74) is 3.35. The van der Waals surface area contributed by atoms with Crippen molar-refractivity contribution in [3.8, 4) is 0 Å². The number of benzene rings is 1. The summed E-state index contributed by atoms with van der Waals surface area (Å²) in [5.74, 6) is 0. The van der Waals surface area contributed by atoms with Crippen molar-refractivity contribution in [1.29, 1.82) is 0 Å². The van der Waals surface area contributed by atoms with Gasteiger partial charge in [0.15, 0.2) is 0 Å². The van der Waals surface area contributed by atoms with Gasteiger partial charge in [0.2, 0.25) is 5.13 Å². The summed E-state index contributed by atoms with van der Waals surface area (Å²) in [7, 11) is 0. The summed E-state index contributed by atoms with van der Waals surface area (Å²) < 4.78 is 1.97. The van der Waals surface area contributed by atoms with Gasteiger partial charge in [0.1, 0.15) is 5.01 Å². The summed E-state index contributed by atoms with van der Waals surface area (Å²) >= 11 is 1.42. The van der Waals surface area contributed by atoms with Crippen molar-refractivity contribution >= 4 is 28.2 Å². The molecule has 0 radical (unpaired) electrons. The summed E-state index contributed by atoms with van der Waals surface area (Å²) in [6.45, 7) is 7.80. The molecule has 9 heteroatoms. The average Bonchev–Trinajstić information content (AvgIpc) is 3.32. The van der Waals surface area contributed by atoms with Gasteiger partial charge in [-0.05, 0) is 32.0 Å². The molecule has 1 N–H and O–H groups in total. The van der Waals surface area contributed by atoms with E-state index in [1.165, 1.54) is 17.0 Å². The number of urea groups is 1. The van der Waals surface area contributed by atoms with E-state index >= 15 is 0 Å². The third-order valence-corrected chi connectivity index (χ3v) is 5.91. The fraction of sp³-hybridized carbons (Fsp3) is 0.400. The molecule has 0 saturated carbocycles. The van der Waals surface area contributed by atoms with E-state index in [1.807, 2.05) is 41.6 Å². The van der Waals surface area contributed by atoms with Crippen molar-refractivity contribution in [1.82, 2.24) is 24.9 Å². The Bertz CT molecular complexity index is 960. The summed E-state index contributed by atoms with van der Waals surface area (Å²) in [5, 5.41) is 17.1. The highest BCUT2D eigenvalue weighted by Gasteiger charge is 2.22. The van der Waals surface area contributed by atoms with E-state index in [9.17, 15) is 4.79 Å². The van der Waals surface area contributed by atoms with Crippen LogP contribution in [0, 0.1) is 13.8 Å². The predicted octanol–water partition coefficient (Wildman–Crippen LogP) is 2.95. The van der Waals surface area contributed by atoms with Crippen LogP contribution in [0.15, 0.2) is 36.4 Å². The van der Waals surface area contributed by atoms with Crippen molar-refractivity contribution < 1.29 is 4.79 Å². The number of para-hydroxylation sites is 1. The number of hydrogen-bond donors (Lipinski definition) is 1. The molecular weight excluding hydrogens is 386 g/mol. The topological polar surface area (TPSA) is 79.2 Å². The number of carbonyl (C=O) groups excluding carboxylic acids is 1. The second-order valence-corrected chi connectivity index (χ2v) is 8.20. The number of hydrogen-bond acceptors (Lipinski definition) is 6. The normalized spacial score (nSPS) is 14.3. The number of nitrogens with zero attached hydrogens (tertiary/aromatic N) is 6. The highest BCUT2D eigenvalue weighted by atomic mass is 32.1. The highest BCUT2D eigenvalue weighted by molar-refractivity contribution is 7.15. The first kappa shape index (κ1) is 19.4. The van der Waals surface area contributed by atoms with Crippen molar-refractivity contribution in [2.24, 2.45) is 0 Å². The maximum Gasteiger partial charge on any atom is 0.323 e. The molecule has 0 atom stereocenters.